The summed E-state index contributed by atoms with van der Waals surface area (Å²) in [6, 6.07) is 11.7. The first-order valence-corrected chi connectivity index (χ1v) is 9.04. The van der Waals surface area contributed by atoms with Crippen molar-refractivity contribution in [2.45, 2.75) is 19.9 Å². The highest BCUT2D eigenvalue weighted by molar-refractivity contribution is 6.10. The number of halogens is 1. The fourth-order valence-corrected chi connectivity index (χ4v) is 3.75. The van der Waals surface area contributed by atoms with Crippen LogP contribution < -0.4 is 10.3 Å². The van der Waals surface area contributed by atoms with Gasteiger partial charge in [0, 0.05) is 6.07 Å². The Hall–Kier alpha value is -3.74. The van der Waals surface area contributed by atoms with Gasteiger partial charge in [0.15, 0.2) is 11.2 Å². The van der Waals surface area contributed by atoms with Crippen molar-refractivity contribution in [3.8, 4) is 0 Å². The van der Waals surface area contributed by atoms with Crippen LogP contribution in [0.25, 0.3) is 11.0 Å². The lowest BCUT2D eigenvalue weighted by Crippen LogP contribution is -2.29. The lowest BCUT2D eigenvalue weighted by molar-refractivity contribution is 0.0969. The minimum Gasteiger partial charge on any atom is -0.450 e. The highest BCUT2D eigenvalue weighted by Gasteiger charge is 2.44. The molecular weight excluding hydrogens is 375 g/mol. The molecule has 0 aliphatic carbocycles. The first kappa shape index (κ1) is 17.4. The van der Waals surface area contributed by atoms with Crippen molar-refractivity contribution < 1.29 is 18.1 Å². The molecule has 1 atom stereocenters. The van der Waals surface area contributed by atoms with Crippen molar-refractivity contribution in [2.75, 3.05) is 4.90 Å². The summed E-state index contributed by atoms with van der Waals surface area (Å²) in [5.41, 5.74) is 1.72. The Kier molecular flexibility index (Phi) is 3.67. The van der Waals surface area contributed by atoms with E-state index in [2.05, 4.69) is 5.16 Å². The summed E-state index contributed by atoms with van der Waals surface area (Å²) in [5.74, 6) is -0.179. The summed E-state index contributed by atoms with van der Waals surface area (Å²) in [7, 11) is 0. The molecule has 29 heavy (non-hydrogen) atoms. The summed E-state index contributed by atoms with van der Waals surface area (Å²) in [5, 5.41) is 4.34. The van der Waals surface area contributed by atoms with Crippen LogP contribution in [0.5, 0.6) is 0 Å². The van der Waals surface area contributed by atoms with E-state index >= 15 is 0 Å². The number of nitrogens with zero attached hydrogens (tertiary/aromatic N) is 2. The average molecular weight is 390 g/mol. The molecule has 0 saturated carbocycles. The Bertz CT molecular complexity index is 1340. The molecule has 3 heterocycles. The van der Waals surface area contributed by atoms with Gasteiger partial charge >= 0.3 is 0 Å². The van der Waals surface area contributed by atoms with Crippen LogP contribution in [0.3, 0.4) is 0 Å². The van der Waals surface area contributed by atoms with E-state index in [0.717, 1.165) is 5.56 Å². The zero-order valence-corrected chi connectivity index (χ0v) is 15.6. The highest BCUT2D eigenvalue weighted by atomic mass is 19.1. The number of rotatable bonds is 2. The highest BCUT2D eigenvalue weighted by Crippen LogP contribution is 2.40. The zero-order valence-electron chi connectivity index (χ0n) is 15.6. The van der Waals surface area contributed by atoms with Gasteiger partial charge in [0.25, 0.3) is 5.91 Å². The molecule has 6 nitrogen and oxygen atoms in total. The number of fused-ring (bicyclic) bond motifs is 2. The van der Waals surface area contributed by atoms with Crippen LogP contribution in [0.2, 0.25) is 0 Å². The van der Waals surface area contributed by atoms with Gasteiger partial charge in [-0.25, -0.2) is 4.39 Å². The number of hydrogen-bond donors (Lipinski definition) is 0. The van der Waals surface area contributed by atoms with Crippen LogP contribution in [0, 0.1) is 19.7 Å². The van der Waals surface area contributed by atoms with Crippen molar-refractivity contribution in [1.82, 2.24) is 5.16 Å². The Morgan fingerprint density at radius 3 is 2.48 bits per heavy atom. The standard InChI is InChI=1S/C22H15FN2O4/c1-11-3-8-16-15(9-11)20(26)18-19(13-4-6-14(23)7-5-13)25(22(27)21(18)28-16)17-10-12(2)29-24-17/h3-10,19H,1-2H3/t19-/m0/s1. The van der Waals surface area contributed by atoms with E-state index in [9.17, 15) is 14.0 Å². The van der Waals surface area contributed by atoms with Gasteiger partial charge in [0.2, 0.25) is 5.76 Å². The van der Waals surface area contributed by atoms with E-state index in [0.29, 0.717) is 22.3 Å². The second-order valence-corrected chi connectivity index (χ2v) is 7.10. The number of carbonyl (C=O) groups is 1. The van der Waals surface area contributed by atoms with Gasteiger partial charge in [-0.2, -0.15) is 0 Å². The average Bonchev–Trinajstić information content (AvgIpc) is 3.25. The van der Waals surface area contributed by atoms with Crippen LogP contribution in [-0.4, -0.2) is 11.1 Å². The van der Waals surface area contributed by atoms with E-state index in [1.54, 1.807) is 37.3 Å². The fraction of sp³-hybridized carbons (Fsp3) is 0.136. The maximum atomic E-state index is 13.5. The third-order valence-electron chi connectivity index (χ3n) is 5.07. The topological polar surface area (TPSA) is 76.6 Å². The lowest BCUT2D eigenvalue weighted by Gasteiger charge is -2.22. The summed E-state index contributed by atoms with van der Waals surface area (Å²) >= 11 is 0. The van der Waals surface area contributed by atoms with Crippen LogP contribution in [0.1, 0.15) is 39.0 Å². The summed E-state index contributed by atoms with van der Waals surface area (Å²) in [6.07, 6.45) is 0. The van der Waals surface area contributed by atoms with E-state index in [4.69, 9.17) is 8.94 Å². The molecule has 0 fully saturated rings. The molecule has 1 amide bonds. The quantitative estimate of drug-likeness (QED) is 0.510. The number of hydrogen-bond acceptors (Lipinski definition) is 5. The van der Waals surface area contributed by atoms with Gasteiger partial charge in [-0.05, 0) is 43.7 Å². The van der Waals surface area contributed by atoms with Gasteiger partial charge in [0.1, 0.15) is 17.2 Å². The van der Waals surface area contributed by atoms with Crippen LogP contribution in [0.4, 0.5) is 10.2 Å². The number of carbonyl (C=O) groups excluding carboxylic acids is 1. The van der Waals surface area contributed by atoms with Crippen LogP contribution in [-0.2, 0) is 0 Å². The van der Waals surface area contributed by atoms with Crippen molar-refractivity contribution in [3.63, 3.8) is 0 Å². The molecule has 2 aromatic carbocycles. The molecule has 0 unspecified atom stereocenters. The smallest absolute Gasteiger partial charge is 0.296 e. The largest absolute Gasteiger partial charge is 0.450 e. The van der Waals surface area contributed by atoms with Gasteiger partial charge in [-0.1, -0.05) is 28.9 Å². The first-order valence-electron chi connectivity index (χ1n) is 9.04. The van der Waals surface area contributed by atoms with Crippen LogP contribution >= 0.6 is 0 Å². The number of amides is 1. The van der Waals surface area contributed by atoms with Gasteiger partial charge in [0.05, 0.1) is 17.0 Å². The monoisotopic (exact) mass is 390 g/mol. The molecule has 0 bridgehead atoms. The predicted molar refractivity (Wildman–Crippen MR) is 104 cm³/mol. The second-order valence-electron chi connectivity index (χ2n) is 7.10. The Morgan fingerprint density at radius 1 is 1.03 bits per heavy atom. The minimum atomic E-state index is -0.802. The van der Waals surface area contributed by atoms with Crippen LogP contribution in [0.15, 0.2) is 62.3 Å². The molecule has 1 aliphatic heterocycles. The maximum absolute atomic E-state index is 13.5. The molecular formula is C22H15FN2O4. The summed E-state index contributed by atoms with van der Waals surface area (Å²) in [6.45, 7) is 3.58. The third kappa shape index (κ3) is 2.58. The number of anilines is 1. The third-order valence-corrected chi connectivity index (χ3v) is 5.07. The van der Waals surface area contributed by atoms with Gasteiger partial charge in [-0.3, -0.25) is 14.5 Å². The SMILES string of the molecule is Cc1ccc2oc3c(c(=O)c2c1)[C@H](c1ccc(F)cc1)N(c1cc(C)on1)C3=O. The maximum Gasteiger partial charge on any atom is 0.296 e. The fourth-order valence-electron chi connectivity index (χ4n) is 3.75. The minimum absolute atomic E-state index is 0.0404. The Morgan fingerprint density at radius 2 is 1.79 bits per heavy atom. The molecule has 0 radical (unpaired) electrons. The van der Waals surface area contributed by atoms with Gasteiger partial charge in [-0.15, -0.1) is 0 Å². The van der Waals surface area contributed by atoms with E-state index in [1.807, 2.05) is 13.0 Å². The number of aromatic nitrogens is 1. The Balaban J connectivity index is 1.83. The molecule has 7 heteroatoms. The van der Waals surface area contributed by atoms with Crippen molar-refractivity contribution in [1.29, 1.82) is 0 Å². The first-order chi connectivity index (χ1) is 13.9. The van der Waals surface area contributed by atoms with E-state index in [1.165, 1.54) is 17.0 Å². The molecule has 0 saturated heterocycles. The Labute approximate surface area is 164 Å². The molecule has 5 rings (SSSR count). The normalized spacial score (nSPS) is 15.9. The molecule has 4 aromatic rings. The molecule has 0 N–H and O–H groups in total. The van der Waals surface area contributed by atoms with E-state index in [-0.39, 0.29) is 22.6 Å². The van der Waals surface area contributed by atoms with E-state index < -0.39 is 17.8 Å². The molecule has 0 spiro atoms. The molecule has 2 aromatic heterocycles. The zero-order chi connectivity index (χ0) is 20.3. The second kappa shape index (κ2) is 6.13. The van der Waals surface area contributed by atoms with Crippen molar-refractivity contribution >= 4 is 22.7 Å². The van der Waals surface area contributed by atoms with Gasteiger partial charge < -0.3 is 8.94 Å². The number of benzene rings is 2. The van der Waals surface area contributed by atoms with Crippen molar-refractivity contribution in [3.05, 3.63) is 92.8 Å². The van der Waals surface area contributed by atoms with Crippen molar-refractivity contribution in [2.24, 2.45) is 0 Å². The molecule has 144 valence electrons. The summed E-state index contributed by atoms with van der Waals surface area (Å²) in [4.78, 5) is 28.0. The lowest BCUT2D eigenvalue weighted by atomic mass is 9.98. The predicted octanol–water partition coefficient (Wildman–Crippen LogP) is 4.29. The summed E-state index contributed by atoms with van der Waals surface area (Å²) < 4.78 is 24.5. The number of aryl methyl sites for hydroxylation is 2. The molecule has 1 aliphatic rings.